The lowest BCUT2D eigenvalue weighted by atomic mass is 10.1. The SMILES string of the molecule is Cc1cc(C(=O)/C=C/C(=O)O)ccc1OCc1ccccc1. The molecule has 0 saturated carbocycles. The van der Waals surface area contributed by atoms with E-state index >= 15 is 0 Å². The normalized spacial score (nSPS) is 10.6. The first-order valence-corrected chi connectivity index (χ1v) is 6.79. The van der Waals surface area contributed by atoms with E-state index in [1.54, 1.807) is 18.2 Å². The Labute approximate surface area is 128 Å². The quantitative estimate of drug-likeness (QED) is 0.655. The Bertz CT molecular complexity index is 702. The van der Waals surface area contributed by atoms with E-state index < -0.39 is 5.97 Å². The van der Waals surface area contributed by atoms with Crippen molar-refractivity contribution in [3.05, 3.63) is 77.4 Å². The summed E-state index contributed by atoms with van der Waals surface area (Å²) < 4.78 is 5.73. The zero-order valence-corrected chi connectivity index (χ0v) is 12.2. The van der Waals surface area contributed by atoms with Gasteiger partial charge < -0.3 is 9.84 Å². The van der Waals surface area contributed by atoms with Gasteiger partial charge in [0.15, 0.2) is 5.78 Å². The van der Waals surface area contributed by atoms with Crippen LogP contribution in [0.2, 0.25) is 0 Å². The van der Waals surface area contributed by atoms with Crippen molar-refractivity contribution in [2.75, 3.05) is 0 Å². The summed E-state index contributed by atoms with van der Waals surface area (Å²) in [4.78, 5) is 22.2. The Hall–Kier alpha value is -2.88. The number of aliphatic carboxylic acids is 1. The fourth-order valence-corrected chi connectivity index (χ4v) is 1.94. The molecule has 0 bridgehead atoms. The van der Waals surface area contributed by atoms with Gasteiger partial charge in [-0.3, -0.25) is 4.79 Å². The molecule has 0 heterocycles. The van der Waals surface area contributed by atoms with Crippen LogP contribution in [0.15, 0.2) is 60.7 Å². The lowest BCUT2D eigenvalue weighted by Gasteiger charge is -2.10. The van der Waals surface area contributed by atoms with E-state index in [2.05, 4.69) is 0 Å². The molecule has 0 spiro atoms. The van der Waals surface area contributed by atoms with Gasteiger partial charge in [0.2, 0.25) is 0 Å². The van der Waals surface area contributed by atoms with Gasteiger partial charge in [-0.25, -0.2) is 4.79 Å². The minimum Gasteiger partial charge on any atom is -0.489 e. The molecule has 0 saturated heterocycles. The van der Waals surface area contributed by atoms with E-state index in [9.17, 15) is 9.59 Å². The first kappa shape index (κ1) is 15.5. The number of ether oxygens (including phenoxy) is 1. The zero-order valence-electron chi connectivity index (χ0n) is 12.2. The van der Waals surface area contributed by atoms with Gasteiger partial charge in [-0.05, 0) is 42.3 Å². The molecule has 0 aliphatic carbocycles. The van der Waals surface area contributed by atoms with Crippen molar-refractivity contribution in [1.82, 2.24) is 0 Å². The molecule has 22 heavy (non-hydrogen) atoms. The van der Waals surface area contributed by atoms with Crippen LogP contribution >= 0.6 is 0 Å². The Morgan fingerprint density at radius 3 is 2.45 bits per heavy atom. The molecule has 0 radical (unpaired) electrons. The van der Waals surface area contributed by atoms with Crippen LogP contribution in [-0.2, 0) is 11.4 Å². The van der Waals surface area contributed by atoms with Gasteiger partial charge in [-0.15, -0.1) is 0 Å². The Kier molecular flexibility index (Phi) is 5.09. The Balaban J connectivity index is 2.06. The minimum absolute atomic E-state index is 0.347. The molecule has 0 fully saturated rings. The maximum atomic E-state index is 11.8. The van der Waals surface area contributed by atoms with Crippen LogP contribution in [-0.4, -0.2) is 16.9 Å². The van der Waals surface area contributed by atoms with Crippen molar-refractivity contribution in [3.63, 3.8) is 0 Å². The number of hydrogen-bond acceptors (Lipinski definition) is 3. The van der Waals surface area contributed by atoms with E-state index in [0.717, 1.165) is 23.3 Å². The highest BCUT2D eigenvalue weighted by Crippen LogP contribution is 2.21. The third kappa shape index (κ3) is 4.31. The number of rotatable bonds is 6. The summed E-state index contributed by atoms with van der Waals surface area (Å²) in [6.45, 7) is 2.30. The number of carboxylic acid groups (broad SMARTS) is 1. The monoisotopic (exact) mass is 296 g/mol. The number of carbonyl (C=O) groups is 2. The molecule has 4 nitrogen and oxygen atoms in total. The van der Waals surface area contributed by atoms with Crippen LogP contribution in [0.4, 0.5) is 0 Å². The number of carbonyl (C=O) groups excluding carboxylic acids is 1. The minimum atomic E-state index is -1.15. The van der Waals surface area contributed by atoms with E-state index in [4.69, 9.17) is 9.84 Å². The van der Waals surface area contributed by atoms with Gasteiger partial charge in [0.05, 0.1) is 0 Å². The summed E-state index contributed by atoms with van der Waals surface area (Å²) in [7, 11) is 0. The molecule has 2 aromatic carbocycles. The Morgan fingerprint density at radius 2 is 1.82 bits per heavy atom. The molecule has 2 rings (SSSR count). The first-order valence-electron chi connectivity index (χ1n) is 6.79. The van der Waals surface area contributed by atoms with Crippen LogP contribution in [0.5, 0.6) is 5.75 Å². The van der Waals surface area contributed by atoms with E-state index in [0.29, 0.717) is 17.9 Å². The molecule has 0 aromatic heterocycles. The first-order chi connectivity index (χ1) is 10.6. The van der Waals surface area contributed by atoms with Crippen molar-refractivity contribution in [2.45, 2.75) is 13.5 Å². The maximum absolute atomic E-state index is 11.8. The lowest BCUT2D eigenvalue weighted by molar-refractivity contribution is -0.131. The smallest absolute Gasteiger partial charge is 0.328 e. The Morgan fingerprint density at radius 1 is 1.09 bits per heavy atom. The maximum Gasteiger partial charge on any atom is 0.328 e. The number of benzene rings is 2. The van der Waals surface area contributed by atoms with Gasteiger partial charge in [0, 0.05) is 11.6 Å². The molecule has 4 heteroatoms. The summed E-state index contributed by atoms with van der Waals surface area (Å²) in [5.41, 5.74) is 2.32. The second kappa shape index (κ2) is 7.22. The van der Waals surface area contributed by atoms with Gasteiger partial charge in [0.25, 0.3) is 0 Å². The van der Waals surface area contributed by atoms with Crippen LogP contribution in [0.3, 0.4) is 0 Å². The van der Waals surface area contributed by atoms with Crippen molar-refractivity contribution >= 4 is 11.8 Å². The van der Waals surface area contributed by atoms with E-state index in [1.165, 1.54) is 0 Å². The van der Waals surface area contributed by atoms with Crippen molar-refractivity contribution in [1.29, 1.82) is 0 Å². The van der Waals surface area contributed by atoms with Crippen LogP contribution in [0.25, 0.3) is 0 Å². The lowest BCUT2D eigenvalue weighted by Crippen LogP contribution is -2.00. The summed E-state index contributed by atoms with van der Waals surface area (Å²) >= 11 is 0. The fourth-order valence-electron chi connectivity index (χ4n) is 1.94. The molecule has 1 N–H and O–H groups in total. The largest absolute Gasteiger partial charge is 0.489 e. The second-order valence-corrected chi connectivity index (χ2v) is 4.79. The van der Waals surface area contributed by atoms with Gasteiger partial charge in [-0.1, -0.05) is 30.3 Å². The van der Waals surface area contributed by atoms with E-state index in [1.807, 2.05) is 37.3 Å². The topological polar surface area (TPSA) is 63.6 Å². The molecule has 2 aromatic rings. The van der Waals surface area contributed by atoms with Crippen molar-refractivity contribution in [3.8, 4) is 5.75 Å². The summed E-state index contributed by atoms with van der Waals surface area (Å²) in [6.07, 6.45) is 1.87. The third-order valence-electron chi connectivity index (χ3n) is 3.07. The number of allylic oxidation sites excluding steroid dienone is 1. The highest BCUT2D eigenvalue weighted by atomic mass is 16.5. The number of carboxylic acids is 1. The zero-order chi connectivity index (χ0) is 15.9. The van der Waals surface area contributed by atoms with Crippen molar-refractivity contribution < 1.29 is 19.4 Å². The molecular weight excluding hydrogens is 280 g/mol. The van der Waals surface area contributed by atoms with E-state index in [-0.39, 0.29) is 5.78 Å². The van der Waals surface area contributed by atoms with Gasteiger partial charge in [-0.2, -0.15) is 0 Å². The number of ketones is 1. The number of aryl methyl sites for hydroxylation is 1. The standard InChI is InChI=1S/C18H16O4/c1-13-11-15(16(19)8-10-18(20)21)7-9-17(13)22-12-14-5-3-2-4-6-14/h2-11H,12H2,1H3,(H,20,21)/b10-8+. The van der Waals surface area contributed by atoms with Gasteiger partial charge in [0.1, 0.15) is 12.4 Å². The van der Waals surface area contributed by atoms with Crippen LogP contribution in [0.1, 0.15) is 21.5 Å². The summed E-state index contributed by atoms with van der Waals surface area (Å²) in [5.74, 6) is -0.796. The molecule has 0 atom stereocenters. The summed E-state index contributed by atoms with van der Waals surface area (Å²) in [5, 5.41) is 8.53. The number of hydrogen-bond donors (Lipinski definition) is 1. The van der Waals surface area contributed by atoms with Crippen molar-refractivity contribution in [2.24, 2.45) is 0 Å². The average molecular weight is 296 g/mol. The second-order valence-electron chi connectivity index (χ2n) is 4.79. The predicted molar refractivity (Wildman–Crippen MR) is 83.1 cm³/mol. The molecule has 0 aliphatic heterocycles. The third-order valence-corrected chi connectivity index (χ3v) is 3.07. The molecule has 112 valence electrons. The van der Waals surface area contributed by atoms with Gasteiger partial charge >= 0.3 is 5.97 Å². The highest BCUT2D eigenvalue weighted by Gasteiger charge is 2.07. The van der Waals surface area contributed by atoms with Crippen LogP contribution in [0, 0.1) is 6.92 Å². The molecular formula is C18H16O4. The fraction of sp³-hybridized carbons (Fsp3) is 0.111. The summed E-state index contributed by atoms with van der Waals surface area (Å²) in [6, 6.07) is 14.8. The predicted octanol–water partition coefficient (Wildman–Crippen LogP) is 3.40. The molecule has 0 unspecified atom stereocenters. The molecule has 0 amide bonds. The average Bonchev–Trinajstić information content (AvgIpc) is 2.52. The van der Waals surface area contributed by atoms with Crippen LogP contribution < -0.4 is 4.74 Å². The highest BCUT2D eigenvalue weighted by molar-refractivity contribution is 6.07. The molecule has 0 aliphatic rings.